The first-order chi connectivity index (χ1) is 12.3. The summed E-state index contributed by atoms with van der Waals surface area (Å²) in [6.45, 7) is 5.93. The summed E-state index contributed by atoms with van der Waals surface area (Å²) >= 11 is 0. The molecule has 0 radical (unpaired) electrons. The number of hydrogen-bond acceptors (Lipinski definition) is 6. The van der Waals surface area contributed by atoms with Crippen LogP contribution < -0.4 is 5.73 Å². The molecule has 6 heteroatoms. The molecular formula is C20H33N3O3. The van der Waals surface area contributed by atoms with Gasteiger partial charge in [-0.05, 0) is 45.4 Å². The van der Waals surface area contributed by atoms with Crippen LogP contribution in [0.2, 0.25) is 0 Å². The lowest BCUT2D eigenvalue weighted by molar-refractivity contribution is -0.155. The Morgan fingerprint density at radius 3 is 2.62 bits per heavy atom. The topological polar surface area (TPSA) is 91.2 Å². The number of nitrogens with two attached hydrogens (primary N) is 1. The number of esters is 1. The molecule has 0 aliphatic heterocycles. The van der Waals surface area contributed by atoms with Gasteiger partial charge in [0.1, 0.15) is 5.60 Å². The van der Waals surface area contributed by atoms with Crippen molar-refractivity contribution in [3.8, 4) is 0 Å². The maximum absolute atomic E-state index is 12.5. The van der Waals surface area contributed by atoms with E-state index < -0.39 is 5.60 Å². The van der Waals surface area contributed by atoms with Gasteiger partial charge in [0.25, 0.3) is 0 Å². The normalized spacial score (nSPS) is 26.7. The Morgan fingerprint density at radius 1 is 1.27 bits per heavy atom. The highest BCUT2D eigenvalue weighted by Gasteiger charge is 2.60. The van der Waals surface area contributed by atoms with Crippen LogP contribution in [0.4, 0.5) is 0 Å². The zero-order chi connectivity index (χ0) is 18.8. The molecule has 0 saturated heterocycles. The van der Waals surface area contributed by atoms with Crippen LogP contribution >= 0.6 is 0 Å². The van der Waals surface area contributed by atoms with Gasteiger partial charge in [-0.25, -0.2) is 0 Å². The molecule has 2 fully saturated rings. The van der Waals surface area contributed by atoms with E-state index in [1.807, 2.05) is 20.8 Å². The zero-order valence-corrected chi connectivity index (χ0v) is 16.4. The van der Waals surface area contributed by atoms with Crippen molar-refractivity contribution in [2.75, 3.05) is 0 Å². The van der Waals surface area contributed by atoms with Crippen molar-refractivity contribution < 1.29 is 14.1 Å². The van der Waals surface area contributed by atoms with Crippen LogP contribution in [0.3, 0.4) is 0 Å². The summed E-state index contributed by atoms with van der Waals surface area (Å²) in [6, 6.07) is 0. The molecule has 2 atom stereocenters. The minimum atomic E-state index is -0.484. The summed E-state index contributed by atoms with van der Waals surface area (Å²) in [4.78, 5) is 16.9. The van der Waals surface area contributed by atoms with Crippen molar-refractivity contribution in [1.82, 2.24) is 10.1 Å². The molecule has 1 aromatic heterocycles. The largest absolute Gasteiger partial charge is 0.460 e. The number of rotatable bonds is 7. The lowest BCUT2D eigenvalue weighted by Gasteiger charge is -2.23. The monoisotopic (exact) mass is 363 g/mol. The third kappa shape index (κ3) is 4.64. The molecule has 2 aliphatic carbocycles. The van der Waals surface area contributed by atoms with Crippen LogP contribution in [-0.2, 0) is 21.5 Å². The van der Waals surface area contributed by atoms with Crippen molar-refractivity contribution >= 4 is 5.97 Å². The number of aromatic nitrogens is 2. The number of carbonyl (C=O) groups is 1. The minimum absolute atomic E-state index is 0.190. The van der Waals surface area contributed by atoms with Gasteiger partial charge in [-0.3, -0.25) is 4.79 Å². The summed E-state index contributed by atoms with van der Waals surface area (Å²) in [5.41, 5.74) is 4.79. The first-order valence-corrected chi connectivity index (χ1v) is 10.1. The molecule has 2 aliphatic rings. The summed E-state index contributed by atoms with van der Waals surface area (Å²) in [5.74, 6) is 2.14. The average Bonchev–Trinajstić information content (AvgIpc) is 3.04. The van der Waals surface area contributed by atoms with Gasteiger partial charge in [-0.15, -0.1) is 0 Å². The van der Waals surface area contributed by atoms with Gasteiger partial charge in [-0.2, -0.15) is 4.98 Å². The van der Waals surface area contributed by atoms with E-state index in [1.54, 1.807) is 0 Å². The maximum atomic E-state index is 12.5. The van der Waals surface area contributed by atoms with E-state index in [2.05, 4.69) is 10.1 Å². The lowest BCUT2D eigenvalue weighted by Crippen LogP contribution is -2.27. The molecule has 6 nitrogen and oxygen atoms in total. The fourth-order valence-electron chi connectivity index (χ4n) is 4.40. The Balaban J connectivity index is 1.66. The van der Waals surface area contributed by atoms with Crippen LogP contribution in [0.5, 0.6) is 0 Å². The number of carbonyl (C=O) groups excluding carboxylic acids is 1. The van der Waals surface area contributed by atoms with E-state index in [-0.39, 0.29) is 17.9 Å². The predicted molar refractivity (Wildman–Crippen MR) is 98.2 cm³/mol. The maximum Gasteiger partial charge on any atom is 0.307 e. The Bertz CT molecular complexity index is 616. The molecule has 2 unspecified atom stereocenters. The highest BCUT2D eigenvalue weighted by molar-refractivity contribution is 5.72. The van der Waals surface area contributed by atoms with Crippen LogP contribution in [0, 0.1) is 11.8 Å². The van der Waals surface area contributed by atoms with Gasteiger partial charge in [0.05, 0.1) is 18.4 Å². The SMILES string of the molecule is CC(C)(C)OC(=O)CC1(c2nc(CN)no2)CC1CCC1CCCCC1. The van der Waals surface area contributed by atoms with Crippen LogP contribution in [0.15, 0.2) is 4.52 Å². The summed E-state index contributed by atoms with van der Waals surface area (Å²) in [7, 11) is 0. The second-order valence-corrected chi connectivity index (χ2v) is 9.12. The molecule has 0 aromatic carbocycles. The number of ether oxygens (including phenoxy) is 1. The quantitative estimate of drug-likeness (QED) is 0.739. The molecular weight excluding hydrogens is 330 g/mol. The van der Waals surface area contributed by atoms with Crippen LogP contribution in [0.1, 0.15) is 90.3 Å². The Labute approximate surface area is 156 Å². The van der Waals surface area contributed by atoms with Gasteiger partial charge in [0.15, 0.2) is 5.82 Å². The van der Waals surface area contributed by atoms with Gasteiger partial charge in [0, 0.05) is 0 Å². The minimum Gasteiger partial charge on any atom is -0.460 e. The van der Waals surface area contributed by atoms with E-state index in [1.165, 1.54) is 38.5 Å². The molecule has 0 amide bonds. The van der Waals surface area contributed by atoms with E-state index in [0.29, 0.717) is 24.1 Å². The number of nitrogens with zero attached hydrogens (tertiary/aromatic N) is 2. The van der Waals surface area contributed by atoms with Gasteiger partial charge < -0.3 is 15.0 Å². The van der Waals surface area contributed by atoms with Crippen molar-refractivity contribution in [2.45, 2.75) is 96.1 Å². The first kappa shape index (κ1) is 19.3. The van der Waals surface area contributed by atoms with E-state index in [9.17, 15) is 4.79 Å². The van der Waals surface area contributed by atoms with Crippen molar-refractivity contribution in [2.24, 2.45) is 17.6 Å². The first-order valence-electron chi connectivity index (χ1n) is 10.1. The Hall–Kier alpha value is -1.43. The second-order valence-electron chi connectivity index (χ2n) is 9.12. The third-order valence-corrected chi connectivity index (χ3v) is 5.84. The van der Waals surface area contributed by atoms with Gasteiger partial charge >= 0.3 is 5.97 Å². The highest BCUT2D eigenvalue weighted by atomic mass is 16.6. The highest BCUT2D eigenvalue weighted by Crippen LogP contribution is 2.59. The molecule has 2 N–H and O–H groups in total. The summed E-state index contributed by atoms with van der Waals surface area (Å²) < 4.78 is 11.0. The molecule has 146 valence electrons. The predicted octanol–water partition coefficient (Wildman–Crippen LogP) is 3.88. The van der Waals surface area contributed by atoms with E-state index in [0.717, 1.165) is 18.8 Å². The lowest BCUT2D eigenvalue weighted by atomic mass is 9.84. The number of hydrogen-bond donors (Lipinski definition) is 1. The third-order valence-electron chi connectivity index (χ3n) is 5.84. The Kier molecular flexibility index (Phi) is 5.70. The fraction of sp³-hybridized carbons (Fsp3) is 0.850. The zero-order valence-electron chi connectivity index (χ0n) is 16.4. The molecule has 0 bridgehead atoms. The van der Waals surface area contributed by atoms with E-state index >= 15 is 0 Å². The smallest absolute Gasteiger partial charge is 0.307 e. The molecule has 2 saturated carbocycles. The summed E-state index contributed by atoms with van der Waals surface area (Å²) in [6.07, 6.45) is 10.4. The molecule has 1 aromatic rings. The van der Waals surface area contributed by atoms with Crippen LogP contribution in [-0.4, -0.2) is 21.7 Å². The summed E-state index contributed by atoms with van der Waals surface area (Å²) in [5, 5.41) is 3.94. The van der Waals surface area contributed by atoms with Gasteiger partial charge in [0.2, 0.25) is 5.89 Å². The van der Waals surface area contributed by atoms with Crippen molar-refractivity contribution in [1.29, 1.82) is 0 Å². The molecule has 0 spiro atoms. The van der Waals surface area contributed by atoms with Gasteiger partial charge in [-0.1, -0.05) is 43.7 Å². The molecule has 26 heavy (non-hydrogen) atoms. The van der Waals surface area contributed by atoms with Crippen molar-refractivity contribution in [3.63, 3.8) is 0 Å². The Morgan fingerprint density at radius 2 is 2.00 bits per heavy atom. The van der Waals surface area contributed by atoms with Crippen molar-refractivity contribution in [3.05, 3.63) is 11.7 Å². The average molecular weight is 364 g/mol. The second kappa shape index (κ2) is 7.67. The standard InChI is InChI=1S/C20H33N3O3/c1-19(2,3)25-17(24)12-20(18-22-16(13-21)23-26-18)11-15(20)10-9-14-7-5-4-6-8-14/h14-15H,4-13,21H2,1-3H3. The molecule has 3 rings (SSSR count). The molecule has 1 heterocycles. The fourth-order valence-corrected chi connectivity index (χ4v) is 4.40. The van der Waals surface area contributed by atoms with E-state index in [4.69, 9.17) is 15.0 Å². The van der Waals surface area contributed by atoms with Crippen LogP contribution in [0.25, 0.3) is 0 Å².